The highest BCUT2D eigenvalue weighted by Gasteiger charge is 2.69. The number of likely N-dealkylation sites (tertiary alicyclic amines) is 1. The van der Waals surface area contributed by atoms with Gasteiger partial charge in [-0.1, -0.05) is 31.9 Å². The molecule has 30 heavy (non-hydrogen) atoms. The number of rotatable bonds is 10. The van der Waals surface area contributed by atoms with E-state index in [4.69, 9.17) is 0 Å². The third-order valence-electron chi connectivity index (χ3n) is 5.69. The molecule has 0 bridgehead atoms. The number of aliphatic carboxylic acids is 2. The van der Waals surface area contributed by atoms with Gasteiger partial charge in [-0.05, 0) is 12.8 Å². The summed E-state index contributed by atoms with van der Waals surface area (Å²) in [5.74, 6) is -6.22. The smallest absolute Gasteiger partial charge is 0.325 e. The van der Waals surface area contributed by atoms with Crippen LogP contribution in [0.4, 0.5) is 0 Å². The molecule has 0 aromatic carbocycles. The van der Waals surface area contributed by atoms with Crippen molar-refractivity contribution in [2.45, 2.75) is 50.6 Å². The number of nitrogens with zero attached hydrogens (tertiary/aromatic N) is 2. The number of carbonyl (C=O) groups is 4. The average Bonchev–Trinajstić information content (AvgIpc) is 3.37. The number of allylic oxidation sites excluding steroid dienone is 1. The fraction of sp³-hybridized carbons (Fsp3) is 0.550. The number of unbranched alkanes of at least 4 members (excludes halogenated alkanes) is 2. The molecule has 0 spiro atoms. The first-order valence-corrected chi connectivity index (χ1v) is 10.8. The Morgan fingerprint density at radius 1 is 1.27 bits per heavy atom. The van der Waals surface area contributed by atoms with Crippen LogP contribution in [0.5, 0.6) is 0 Å². The molecule has 1 aromatic rings. The Labute approximate surface area is 177 Å². The van der Waals surface area contributed by atoms with Gasteiger partial charge in [-0.2, -0.15) is 0 Å². The lowest BCUT2D eigenvalue weighted by molar-refractivity contribution is -0.156. The molecular formula is C20H25N3O6S. The van der Waals surface area contributed by atoms with Gasteiger partial charge in [0.2, 0.25) is 11.8 Å². The minimum atomic E-state index is -2.06. The van der Waals surface area contributed by atoms with Crippen molar-refractivity contribution in [2.75, 3.05) is 6.54 Å². The van der Waals surface area contributed by atoms with Crippen LogP contribution in [0.3, 0.4) is 0 Å². The normalized spacial score (nSPS) is 28.4. The van der Waals surface area contributed by atoms with E-state index in [1.165, 1.54) is 17.5 Å². The standard InChI is InChI=1S/C20H25N3O6S/c1-2-3-4-5-6-7-9-23-17(26)13-14(18(23)27)20(19(28)29,11-12(24)25)22-15(13)16-21-8-10-30-16/h5-6,8,10,13-15,22H,2-4,7,9,11H2,1H3,(H,24,25)(H,28,29)/b6-5+. The van der Waals surface area contributed by atoms with E-state index in [2.05, 4.69) is 17.2 Å². The van der Waals surface area contributed by atoms with Crippen LogP contribution in [0.25, 0.3) is 0 Å². The highest BCUT2D eigenvalue weighted by atomic mass is 32.1. The summed E-state index contributed by atoms with van der Waals surface area (Å²) in [5.41, 5.74) is -2.06. The number of carbonyl (C=O) groups excluding carboxylic acids is 2. The van der Waals surface area contributed by atoms with Gasteiger partial charge in [0.1, 0.15) is 10.5 Å². The first kappa shape index (κ1) is 22.1. The molecule has 2 aliphatic heterocycles. The maximum absolute atomic E-state index is 13.1. The summed E-state index contributed by atoms with van der Waals surface area (Å²) in [5, 5.41) is 24.2. The van der Waals surface area contributed by atoms with Crippen LogP contribution in [-0.2, 0) is 19.2 Å². The number of aromatic nitrogens is 1. The van der Waals surface area contributed by atoms with E-state index in [0.29, 0.717) is 11.4 Å². The van der Waals surface area contributed by atoms with Crippen LogP contribution in [0.2, 0.25) is 0 Å². The fourth-order valence-corrected chi connectivity index (χ4v) is 5.05. The van der Waals surface area contributed by atoms with E-state index in [-0.39, 0.29) is 6.54 Å². The zero-order valence-electron chi connectivity index (χ0n) is 16.6. The van der Waals surface area contributed by atoms with E-state index < -0.39 is 53.6 Å². The van der Waals surface area contributed by atoms with E-state index in [9.17, 15) is 29.4 Å². The molecule has 0 aliphatic carbocycles. The van der Waals surface area contributed by atoms with Crippen molar-refractivity contribution in [1.82, 2.24) is 15.2 Å². The lowest BCUT2D eigenvalue weighted by Crippen LogP contribution is -2.57. The summed E-state index contributed by atoms with van der Waals surface area (Å²) < 4.78 is 0. The number of nitrogens with one attached hydrogen (secondary N) is 1. The summed E-state index contributed by atoms with van der Waals surface area (Å²) in [7, 11) is 0. The Hall–Kier alpha value is -2.59. The van der Waals surface area contributed by atoms with Gasteiger partial charge in [-0.15, -0.1) is 11.3 Å². The second-order valence-electron chi connectivity index (χ2n) is 7.57. The highest BCUT2D eigenvalue weighted by Crippen LogP contribution is 2.50. The Morgan fingerprint density at radius 3 is 2.60 bits per heavy atom. The molecule has 3 heterocycles. The van der Waals surface area contributed by atoms with E-state index >= 15 is 0 Å². The number of imide groups is 1. The first-order chi connectivity index (χ1) is 14.3. The van der Waals surface area contributed by atoms with Crippen molar-refractivity contribution in [3.05, 3.63) is 28.7 Å². The lowest BCUT2D eigenvalue weighted by Gasteiger charge is -2.29. The van der Waals surface area contributed by atoms with Crippen molar-refractivity contribution in [2.24, 2.45) is 11.8 Å². The Kier molecular flexibility index (Phi) is 6.67. The minimum absolute atomic E-state index is 0.140. The van der Waals surface area contributed by atoms with Crippen molar-refractivity contribution < 1.29 is 29.4 Å². The van der Waals surface area contributed by atoms with Crippen LogP contribution in [0, 0.1) is 11.8 Å². The molecule has 2 saturated heterocycles. The number of fused-ring (bicyclic) bond motifs is 1. The third-order valence-corrected chi connectivity index (χ3v) is 6.54. The lowest BCUT2D eigenvalue weighted by atomic mass is 9.78. The Morgan fingerprint density at radius 2 is 2.00 bits per heavy atom. The van der Waals surface area contributed by atoms with Gasteiger partial charge in [0.15, 0.2) is 0 Å². The SMILES string of the molecule is CCCC/C=C/CCN1C(=O)C2C(c3nccs3)NC(CC(=O)O)(C(=O)O)C2C1=O. The van der Waals surface area contributed by atoms with Crippen LogP contribution in [0.15, 0.2) is 23.7 Å². The van der Waals surface area contributed by atoms with Gasteiger partial charge in [0.05, 0.1) is 24.3 Å². The Balaban J connectivity index is 1.90. The number of carboxylic acids is 2. The van der Waals surface area contributed by atoms with Crippen molar-refractivity contribution >= 4 is 35.1 Å². The molecule has 9 nitrogen and oxygen atoms in total. The number of hydrogen-bond donors (Lipinski definition) is 3. The molecule has 4 unspecified atom stereocenters. The summed E-state index contributed by atoms with van der Waals surface area (Å²) in [6.45, 7) is 2.23. The molecule has 4 atom stereocenters. The van der Waals surface area contributed by atoms with Crippen LogP contribution >= 0.6 is 11.3 Å². The molecule has 2 fully saturated rings. The monoisotopic (exact) mass is 435 g/mol. The first-order valence-electron chi connectivity index (χ1n) is 9.96. The zero-order chi connectivity index (χ0) is 21.9. The Bertz CT molecular complexity index is 855. The summed E-state index contributed by atoms with van der Waals surface area (Å²) >= 11 is 1.23. The van der Waals surface area contributed by atoms with Gasteiger partial charge < -0.3 is 10.2 Å². The van der Waals surface area contributed by atoms with Gasteiger partial charge in [0, 0.05) is 18.1 Å². The summed E-state index contributed by atoms with van der Waals surface area (Å²) in [6, 6.07) is -0.827. The predicted molar refractivity (Wildman–Crippen MR) is 108 cm³/mol. The minimum Gasteiger partial charge on any atom is -0.481 e. The van der Waals surface area contributed by atoms with Crippen LogP contribution in [0.1, 0.15) is 50.1 Å². The van der Waals surface area contributed by atoms with Crippen molar-refractivity contribution in [3.8, 4) is 0 Å². The predicted octanol–water partition coefficient (Wildman–Crippen LogP) is 1.82. The van der Waals surface area contributed by atoms with Crippen molar-refractivity contribution in [3.63, 3.8) is 0 Å². The number of carboxylic acid groups (broad SMARTS) is 2. The summed E-state index contributed by atoms with van der Waals surface area (Å²) in [6.07, 6.45) is 8.13. The molecular weight excluding hydrogens is 410 g/mol. The summed E-state index contributed by atoms with van der Waals surface area (Å²) in [4.78, 5) is 55.2. The number of hydrogen-bond acceptors (Lipinski definition) is 7. The fourth-order valence-electron chi connectivity index (χ4n) is 4.32. The molecule has 1 aromatic heterocycles. The zero-order valence-corrected chi connectivity index (χ0v) is 17.4. The molecule has 2 amide bonds. The molecule has 3 N–H and O–H groups in total. The molecule has 10 heteroatoms. The second kappa shape index (κ2) is 9.05. The van der Waals surface area contributed by atoms with E-state index in [0.717, 1.165) is 24.2 Å². The van der Waals surface area contributed by atoms with Crippen LogP contribution < -0.4 is 5.32 Å². The number of amides is 2. The quantitative estimate of drug-likeness (QED) is 0.288. The molecule has 3 rings (SSSR count). The average molecular weight is 436 g/mol. The van der Waals surface area contributed by atoms with Gasteiger partial charge >= 0.3 is 11.9 Å². The molecule has 162 valence electrons. The molecule has 2 aliphatic rings. The maximum atomic E-state index is 13.1. The topological polar surface area (TPSA) is 137 Å². The number of thiazole rings is 1. The second-order valence-corrected chi connectivity index (χ2v) is 8.50. The van der Waals surface area contributed by atoms with Crippen LogP contribution in [-0.4, -0.2) is 55.9 Å². The molecule has 0 radical (unpaired) electrons. The highest BCUT2D eigenvalue weighted by molar-refractivity contribution is 7.09. The maximum Gasteiger partial charge on any atom is 0.325 e. The third kappa shape index (κ3) is 3.89. The largest absolute Gasteiger partial charge is 0.481 e. The van der Waals surface area contributed by atoms with E-state index in [1.807, 2.05) is 12.2 Å². The van der Waals surface area contributed by atoms with Gasteiger partial charge in [-0.25, -0.2) is 4.98 Å². The van der Waals surface area contributed by atoms with E-state index in [1.54, 1.807) is 5.38 Å². The van der Waals surface area contributed by atoms with Gasteiger partial charge in [-0.3, -0.25) is 29.4 Å². The molecule has 0 saturated carbocycles. The van der Waals surface area contributed by atoms with Crippen molar-refractivity contribution in [1.29, 1.82) is 0 Å². The van der Waals surface area contributed by atoms with Gasteiger partial charge in [0.25, 0.3) is 0 Å².